The van der Waals surface area contributed by atoms with Gasteiger partial charge in [0.2, 0.25) is 0 Å². The summed E-state index contributed by atoms with van der Waals surface area (Å²) in [7, 11) is 0. The molecule has 2 aromatic rings. The van der Waals surface area contributed by atoms with E-state index < -0.39 is 0 Å². The van der Waals surface area contributed by atoms with E-state index in [9.17, 15) is 9.59 Å². The van der Waals surface area contributed by atoms with Gasteiger partial charge in [0, 0.05) is 34.1 Å². The van der Waals surface area contributed by atoms with Crippen molar-refractivity contribution in [3.63, 3.8) is 0 Å². The first kappa shape index (κ1) is 15.0. The van der Waals surface area contributed by atoms with Gasteiger partial charge in [-0.2, -0.15) is 0 Å². The predicted octanol–water partition coefficient (Wildman–Crippen LogP) is 4.35. The fourth-order valence-corrected chi connectivity index (χ4v) is 1.88. The zero-order chi connectivity index (χ0) is 15.2. The summed E-state index contributed by atoms with van der Waals surface area (Å²) in [6, 6.07) is 13.8. The second kappa shape index (κ2) is 6.86. The number of allylic oxidation sites excluding steroid dienone is 1. The molecule has 2 rings (SSSR count). The number of anilines is 1. The lowest BCUT2D eigenvalue weighted by Crippen LogP contribution is -1.97. The highest BCUT2D eigenvalue weighted by Gasteiger charge is 2.01. The van der Waals surface area contributed by atoms with Crippen molar-refractivity contribution >= 4 is 28.9 Å². The summed E-state index contributed by atoms with van der Waals surface area (Å²) >= 11 is 5.77. The molecular formula is C17H14ClNO2. The van der Waals surface area contributed by atoms with Crippen molar-refractivity contribution in [2.24, 2.45) is 0 Å². The lowest BCUT2D eigenvalue weighted by molar-refractivity contribution is 0.101. The summed E-state index contributed by atoms with van der Waals surface area (Å²) in [5.41, 5.74) is 1.94. The van der Waals surface area contributed by atoms with E-state index in [1.165, 1.54) is 13.0 Å². The molecule has 0 fully saturated rings. The molecule has 106 valence electrons. The molecule has 0 aliphatic heterocycles. The van der Waals surface area contributed by atoms with E-state index in [2.05, 4.69) is 5.32 Å². The summed E-state index contributed by atoms with van der Waals surface area (Å²) in [6.07, 6.45) is 2.99. The molecule has 0 spiro atoms. The van der Waals surface area contributed by atoms with E-state index in [1.54, 1.807) is 48.7 Å². The van der Waals surface area contributed by atoms with Crippen molar-refractivity contribution < 1.29 is 9.59 Å². The van der Waals surface area contributed by atoms with Gasteiger partial charge in [-0.15, -0.1) is 0 Å². The zero-order valence-corrected chi connectivity index (χ0v) is 12.2. The number of benzene rings is 2. The second-order valence-electron chi connectivity index (χ2n) is 4.49. The molecule has 0 radical (unpaired) electrons. The SMILES string of the molecule is CC(=O)c1cccc(NC=CC(=O)c2ccc(Cl)cc2)c1. The number of Topliss-reactive ketones (excluding diaryl/α,β-unsaturated/α-hetero) is 1. The second-order valence-corrected chi connectivity index (χ2v) is 4.92. The van der Waals surface area contributed by atoms with Gasteiger partial charge in [-0.3, -0.25) is 9.59 Å². The van der Waals surface area contributed by atoms with E-state index in [0.29, 0.717) is 16.1 Å². The Bertz CT molecular complexity index is 690. The summed E-state index contributed by atoms with van der Waals surface area (Å²) < 4.78 is 0. The van der Waals surface area contributed by atoms with E-state index in [1.807, 2.05) is 6.07 Å². The molecule has 0 heterocycles. The van der Waals surface area contributed by atoms with Crippen LogP contribution in [-0.4, -0.2) is 11.6 Å². The molecule has 0 amide bonds. The molecule has 4 heteroatoms. The Labute approximate surface area is 128 Å². The minimum Gasteiger partial charge on any atom is -0.362 e. The average Bonchev–Trinajstić information content (AvgIpc) is 2.48. The maximum atomic E-state index is 11.9. The Hall–Kier alpha value is -2.39. The maximum Gasteiger partial charge on any atom is 0.187 e. The molecule has 0 saturated heterocycles. The minimum absolute atomic E-state index is 0.000120. The topological polar surface area (TPSA) is 46.2 Å². The predicted molar refractivity (Wildman–Crippen MR) is 85.0 cm³/mol. The Kier molecular flexibility index (Phi) is 4.90. The third-order valence-electron chi connectivity index (χ3n) is 2.88. The van der Waals surface area contributed by atoms with Crippen LogP contribution in [0.25, 0.3) is 0 Å². The number of halogens is 1. The van der Waals surface area contributed by atoms with Crippen molar-refractivity contribution in [2.75, 3.05) is 5.32 Å². The van der Waals surface area contributed by atoms with Crippen LogP contribution in [0.2, 0.25) is 5.02 Å². The fourth-order valence-electron chi connectivity index (χ4n) is 1.75. The molecule has 0 bridgehead atoms. The van der Waals surface area contributed by atoms with Crippen LogP contribution >= 0.6 is 11.6 Å². The number of ketones is 2. The zero-order valence-electron chi connectivity index (χ0n) is 11.5. The highest BCUT2D eigenvalue weighted by Crippen LogP contribution is 2.12. The van der Waals surface area contributed by atoms with Crippen LogP contribution in [0.5, 0.6) is 0 Å². The molecule has 0 aromatic heterocycles. The fraction of sp³-hybridized carbons (Fsp3) is 0.0588. The van der Waals surface area contributed by atoms with Crippen molar-refractivity contribution in [1.29, 1.82) is 0 Å². The third kappa shape index (κ3) is 4.29. The highest BCUT2D eigenvalue weighted by molar-refractivity contribution is 6.30. The molecule has 1 N–H and O–H groups in total. The van der Waals surface area contributed by atoms with Crippen molar-refractivity contribution in [3.05, 3.63) is 77.0 Å². The molecule has 0 aliphatic rings. The summed E-state index contributed by atoms with van der Waals surface area (Å²) in [4.78, 5) is 23.2. The van der Waals surface area contributed by atoms with Crippen molar-refractivity contribution in [2.45, 2.75) is 6.92 Å². The number of hydrogen-bond acceptors (Lipinski definition) is 3. The largest absolute Gasteiger partial charge is 0.362 e. The van der Waals surface area contributed by atoms with Crippen LogP contribution in [-0.2, 0) is 0 Å². The van der Waals surface area contributed by atoms with E-state index in [-0.39, 0.29) is 11.6 Å². The van der Waals surface area contributed by atoms with Crippen LogP contribution < -0.4 is 5.32 Å². The number of carbonyl (C=O) groups excluding carboxylic acids is 2. The number of carbonyl (C=O) groups is 2. The smallest absolute Gasteiger partial charge is 0.187 e. The molecule has 0 atom stereocenters. The first-order chi connectivity index (χ1) is 10.1. The highest BCUT2D eigenvalue weighted by atomic mass is 35.5. The van der Waals surface area contributed by atoms with Gasteiger partial charge in [-0.05, 0) is 43.3 Å². The van der Waals surface area contributed by atoms with Crippen molar-refractivity contribution in [1.82, 2.24) is 0 Å². The molecule has 0 saturated carbocycles. The van der Waals surface area contributed by atoms with Gasteiger partial charge in [-0.25, -0.2) is 0 Å². The lowest BCUT2D eigenvalue weighted by atomic mass is 10.1. The van der Waals surface area contributed by atoms with Crippen LogP contribution in [0.15, 0.2) is 60.8 Å². The first-order valence-electron chi connectivity index (χ1n) is 6.40. The number of hydrogen-bond donors (Lipinski definition) is 1. The Balaban J connectivity index is 2.02. The van der Waals surface area contributed by atoms with Crippen LogP contribution in [0.1, 0.15) is 27.6 Å². The van der Waals surface area contributed by atoms with Gasteiger partial charge in [0.05, 0.1) is 0 Å². The van der Waals surface area contributed by atoms with Gasteiger partial charge in [0.25, 0.3) is 0 Å². The van der Waals surface area contributed by atoms with Gasteiger partial charge in [0.1, 0.15) is 0 Å². The van der Waals surface area contributed by atoms with Crippen LogP contribution in [0, 0.1) is 0 Å². The average molecular weight is 300 g/mol. The monoisotopic (exact) mass is 299 g/mol. The van der Waals surface area contributed by atoms with Crippen LogP contribution in [0.3, 0.4) is 0 Å². The molecule has 3 nitrogen and oxygen atoms in total. The lowest BCUT2D eigenvalue weighted by Gasteiger charge is -2.02. The minimum atomic E-state index is -0.123. The van der Waals surface area contributed by atoms with E-state index >= 15 is 0 Å². The van der Waals surface area contributed by atoms with E-state index in [4.69, 9.17) is 11.6 Å². The van der Waals surface area contributed by atoms with Gasteiger partial charge >= 0.3 is 0 Å². The van der Waals surface area contributed by atoms with Gasteiger partial charge in [0.15, 0.2) is 11.6 Å². The summed E-state index contributed by atoms with van der Waals surface area (Å²) in [6.45, 7) is 1.51. The Morgan fingerprint density at radius 2 is 1.76 bits per heavy atom. The van der Waals surface area contributed by atoms with Crippen LogP contribution in [0.4, 0.5) is 5.69 Å². The standard InChI is InChI=1S/C17H14ClNO2/c1-12(20)14-3-2-4-16(11-14)19-10-9-17(21)13-5-7-15(18)8-6-13/h2-11,19H,1H3. The summed E-state index contributed by atoms with van der Waals surface area (Å²) in [5, 5.41) is 3.56. The maximum absolute atomic E-state index is 11.9. The quantitative estimate of drug-likeness (QED) is 0.659. The van der Waals surface area contributed by atoms with Gasteiger partial charge < -0.3 is 5.32 Å². The van der Waals surface area contributed by atoms with E-state index in [0.717, 1.165) is 5.69 Å². The first-order valence-corrected chi connectivity index (χ1v) is 6.78. The normalized spacial score (nSPS) is 10.6. The number of rotatable bonds is 5. The summed E-state index contributed by atoms with van der Waals surface area (Å²) in [5.74, 6) is -0.123. The molecule has 21 heavy (non-hydrogen) atoms. The molecule has 0 aliphatic carbocycles. The Morgan fingerprint density at radius 1 is 1.05 bits per heavy atom. The van der Waals surface area contributed by atoms with Gasteiger partial charge in [-0.1, -0.05) is 23.7 Å². The molecular weight excluding hydrogens is 286 g/mol. The molecule has 2 aromatic carbocycles. The Morgan fingerprint density at radius 3 is 2.43 bits per heavy atom. The van der Waals surface area contributed by atoms with Crippen molar-refractivity contribution in [3.8, 4) is 0 Å². The number of nitrogens with one attached hydrogen (secondary N) is 1. The third-order valence-corrected chi connectivity index (χ3v) is 3.13. The molecule has 0 unspecified atom stereocenters.